The van der Waals surface area contributed by atoms with Gasteiger partial charge >= 0.3 is 12.2 Å². The lowest BCUT2D eigenvalue weighted by Gasteiger charge is -2.31. The van der Waals surface area contributed by atoms with Gasteiger partial charge in [-0.2, -0.15) is 12.6 Å². The van der Waals surface area contributed by atoms with Crippen molar-refractivity contribution in [1.82, 2.24) is 9.80 Å². The number of nitrogens with zero attached hydrogens (tertiary/aromatic N) is 2. The zero-order chi connectivity index (χ0) is 18.1. The molecule has 1 rings (SSSR count). The fraction of sp³-hybridized carbons (Fsp3) is 0.529. The molecule has 0 aliphatic carbocycles. The van der Waals surface area contributed by atoms with Gasteiger partial charge in [-0.05, 0) is 6.42 Å². The van der Waals surface area contributed by atoms with Crippen LogP contribution in [-0.2, 0) is 9.47 Å². The van der Waals surface area contributed by atoms with E-state index in [4.69, 9.17) is 9.47 Å². The molecule has 24 heavy (non-hydrogen) atoms. The molecule has 1 saturated heterocycles. The van der Waals surface area contributed by atoms with Crippen LogP contribution in [0.1, 0.15) is 6.42 Å². The molecule has 6 nitrogen and oxygen atoms in total. The number of carbonyl (C=O) groups excluding carboxylic acids is 2. The highest BCUT2D eigenvalue weighted by molar-refractivity contribution is 7.81. The Hall–Kier alpha value is -1.89. The maximum absolute atomic E-state index is 12.2. The number of likely N-dealkylation sites (tertiary alicyclic amines) is 1. The molecule has 0 N–H and O–H groups in total. The van der Waals surface area contributed by atoms with Gasteiger partial charge in [0.2, 0.25) is 0 Å². The largest absolute Gasteiger partial charge is 0.445 e. The van der Waals surface area contributed by atoms with Crippen molar-refractivity contribution < 1.29 is 19.1 Å². The summed E-state index contributed by atoms with van der Waals surface area (Å²) in [6, 6.07) is -0.128. The van der Waals surface area contributed by atoms with Crippen molar-refractivity contribution in [3.05, 3.63) is 38.0 Å². The molecule has 0 spiro atoms. The summed E-state index contributed by atoms with van der Waals surface area (Å²) in [5, 5.41) is 0.0618. The smallest absolute Gasteiger partial charge is 0.410 e. The van der Waals surface area contributed by atoms with Crippen molar-refractivity contribution in [3.8, 4) is 0 Å². The predicted molar refractivity (Wildman–Crippen MR) is 97.3 cm³/mol. The summed E-state index contributed by atoms with van der Waals surface area (Å²) in [7, 11) is 1.65. The van der Waals surface area contributed by atoms with E-state index in [-0.39, 0.29) is 30.4 Å². The Morgan fingerprint density at radius 3 is 2.50 bits per heavy atom. The lowest BCUT2D eigenvalue weighted by molar-refractivity contribution is 0.0910. The first kappa shape index (κ1) is 20.2. The van der Waals surface area contributed by atoms with Gasteiger partial charge in [0.25, 0.3) is 0 Å². The SMILES string of the molecule is C=CCOC(=O)N(C)CC(C=C)[C@@H]1C[C@H](S)CN1C(=O)OCC=C. The van der Waals surface area contributed by atoms with Crippen LogP contribution >= 0.6 is 12.6 Å². The first-order valence-electron chi connectivity index (χ1n) is 7.78. The zero-order valence-electron chi connectivity index (χ0n) is 14.1. The molecule has 0 aromatic heterocycles. The first-order chi connectivity index (χ1) is 11.4. The van der Waals surface area contributed by atoms with Crippen molar-refractivity contribution in [2.24, 2.45) is 5.92 Å². The quantitative estimate of drug-likeness (QED) is 0.538. The Labute approximate surface area is 149 Å². The minimum atomic E-state index is -0.442. The van der Waals surface area contributed by atoms with Crippen LogP contribution in [0.3, 0.4) is 0 Å². The summed E-state index contributed by atoms with van der Waals surface area (Å²) in [6.45, 7) is 12.1. The molecule has 0 aromatic rings. The summed E-state index contributed by atoms with van der Waals surface area (Å²) < 4.78 is 10.2. The summed E-state index contributed by atoms with van der Waals surface area (Å²) >= 11 is 4.49. The molecule has 1 unspecified atom stereocenters. The zero-order valence-corrected chi connectivity index (χ0v) is 15.0. The lowest BCUT2D eigenvalue weighted by Crippen LogP contribution is -2.44. The van der Waals surface area contributed by atoms with Crippen LogP contribution in [0.4, 0.5) is 9.59 Å². The molecule has 1 heterocycles. The maximum atomic E-state index is 12.2. The molecule has 1 aliphatic rings. The Bertz CT molecular complexity index is 483. The third-order valence-electron chi connectivity index (χ3n) is 3.80. The predicted octanol–water partition coefficient (Wildman–Crippen LogP) is 2.74. The topological polar surface area (TPSA) is 59.1 Å². The van der Waals surface area contributed by atoms with Gasteiger partial charge in [0, 0.05) is 37.3 Å². The molecule has 0 saturated carbocycles. The molecule has 0 aromatic carbocycles. The van der Waals surface area contributed by atoms with Crippen LogP contribution in [0.25, 0.3) is 0 Å². The molecular formula is C17H26N2O4S. The van der Waals surface area contributed by atoms with Crippen LogP contribution in [0.5, 0.6) is 0 Å². The average molecular weight is 354 g/mol. The second-order valence-electron chi connectivity index (χ2n) is 5.62. The highest BCUT2D eigenvalue weighted by atomic mass is 32.1. The van der Waals surface area contributed by atoms with Crippen LogP contribution in [0, 0.1) is 5.92 Å². The monoisotopic (exact) mass is 354 g/mol. The highest BCUT2D eigenvalue weighted by Gasteiger charge is 2.39. The second-order valence-corrected chi connectivity index (χ2v) is 6.35. The van der Waals surface area contributed by atoms with E-state index in [1.165, 1.54) is 17.1 Å². The van der Waals surface area contributed by atoms with Crippen molar-refractivity contribution in [3.63, 3.8) is 0 Å². The molecule has 0 radical (unpaired) electrons. The van der Waals surface area contributed by atoms with Gasteiger partial charge in [-0.25, -0.2) is 9.59 Å². The Kier molecular flexibility index (Phi) is 8.46. The van der Waals surface area contributed by atoms with Crippen LogP contribution in [0.15, 0.2) is 38.0 Å². The van der Waals surface area contributed by atoms with E-state index in [0.717, 1.165) is 0 Å². The Morgan fingerprint density at radius 1 is 1.29 bits per heavy atom. The molecular weight excluding hydrogens is 328 g/mol. The standard InChI is InChI=1S/C17H26N2O4S/c1-5-8-22-16(20)18(4)11-13(7-3)15-10-14(24)12-19(15)17(21)23-9-6-2/h5-7,13-15,24H,1-3,8-12H2,4H3/t13?,14-,15-/m0/s1. The number of carbonyl (C=O) groups is 2. The van der Waals surface area contributed by atoms with Crippen molar-refractivity contribution in [2.45, 2.75) is 17.7 Å². The van der Waals surface area contributed by atoms with Gasteiger partial charge in [-0.1, -0.05) is 31.4 Å². The molecule has 1 fully saturated rings. The first-order valence-corrected chi connectivity index (χ1v) is 8.29. The second kappa shape index (κ2) is 10.1. The summed E-state index contributed by atoms with van der Waals surface area (Å²) in [6.07, 6.45) is 4.65. The molecule has 2 amide bonds. The lowest BCUT2D eigenvalue weighted by atomic mass is 9.97. The molecule has 1 aliphatic heterocycles. The van der Waals surface area contributed by atoms with Gasteiger partial charge in [-0.3, -0.25) is 0 Å². The summed E-state index contributed by atoms with van der Waals surface area (Å²) in [5.74, 6) is -0.111. The minimum Gasteiger partial charge on any atom is -0.445 e. The number of hydrogen-bond acceptors (Lipinski definition) is 5. The van der Waals surface area contributed by atoms with E-state index in [9.17, 15) is 9.59 Å². The van der Waals surface area contributed by atoms with Gasteiger partial charge in [-0.15, -0.1) is 6.58 Å². The normalized spacial score (nSPS) is 20.8. The van der Waals surface area contributed by atoms with E-state index in [1.54, 1.807) is 18.0 Å². The fourth-order valence-electron chi connectivity index (χ4n) is 2.66. The van der Waals surface area contributed by atoms with Gasteiger partial charge in [0.05, 0.1) is 0 Å². The molecule has 7 heteroatoms. The summed E-state index contributed by atoms with van der Waals surface area (Å²) in [4.78, 5) is 27.2. The average Bonchev–Trinajstić information content (AvgIpc) is 2.96. The van der Waals surface area contributed by atoms with Gasteiger partial charge in [0.15, 0.2) is 0 Å². The van der Waals surface area contributed by atoms with E-state index in [2.05, 4.69) is 32.4 Å². The Morgan fingerprint density at radius 2 is 1.92 bits per heavy atom. The van der Waals surface area contributed by atoms with Crippen molar-refractivity contribution in [1.29, 1.82) is 0 Å². The molecule has 0 bridgehead atoms. The number of rotatable bonds is 8. The third-order valence-corrected chi connectivity index (χ3v) is 4.17. The van der Waals surface area contributed by atoms with Crippen LogP contribution < -0.4 is 0 Å². The maximum Gasteiger partial charge on any atom is 0.410 e. The van der Waals surface area contributed by atoms with Crippen LogP contribution in [-0.4, -0.2) is 66.6 Å². The summed E-state index contributed by atoms with van der Waals surface area (Å²) in [5.41, 5.74) is 0. The number of thiol groups is 1. The van der Waals surface area contributed by atoms with E-state index in [0.29, 0.717) is 19.5 Å². The Balaban J connectivity index is 2.74. The van der Waals surface area contributed by atoms with Gasteiger partial charge in [0.1, 0.15) is 13.2 Å². The molecule has 3 atom stereocenters. The number of hydrogen-bond donors (Lipinski definition) is 1. The third kappa shape index (κ3) is 5.63. The van der Waals surface area contributed by atoms with Crippen molar-refractivity contribution >= 4 is 24.8 Å². The molecule has 134 valence electrons. The van der Waals surface area contributed by atoms with Crippen molar-refractivity contribution in [2.75, 3.05) is 33.4 Å². The van der Waals surface area contributed by atoms with E-state index >= 15 is 0 Å². The highest BCUT2D eigenvalue weighted by Crippen LogP contribution is 2.29. The van der Waals surface area contributed by atoms with E-state index < -0.39 is 12.2 Å². The number of amides is 2. The van der Waals surface area contributed by atoms with E-state index in [1.807, 2.05) is 0 Å². The minimum absolute atomic E-state index is 0.0618. The van der Waals surface area contributed by atoms with Crippen LogP contribution in [0.2, 0.25) is 0 Å². The van der Waals surface area contributed by atoms with Gasteiger partial charge < -0.3 is 19.3 Å². The fourth-order valence-corrected chi connectivity index (χ4v) is 3.05. The number of ether oxygens (including phenoxy) is 2.